The van der Waals surface area contributed by atoms with Crippen molar-refractivity contribution in [3.8, 4) is 5.75 Å². The predicted octanol–water partition coefficient (Wildman–Crippen LogP) is 3.16. The first-order valence-electron chi connectivity index (χ1n) is 6.36. The molecule has 0 spiro atoms. The lowest BCUT2D eigenvalue weighted by atomic mass is 9.98. The summed E-state index contributed by atoms with van der Waals surface area (Å²) in [6.45, 7) is 8.46. The highest BCUT2D eigenvalue weighted by Gasteiger charge is 2.26. The zero-order chi connectivity index (χ0) is 13.8. The molecular formula is C15H25NO2. The smallest absolute Gasteiger partial charge is 0.119 e. The van der Waals surface area contributed by atoms with Gasteiger partial charge in [0.25, 0.3) is 0 Å². The van der Waals surface area contributed by atoms with E-state index in [0.717, 1.165) is 5.75 Å². The normalized spacial score (nSPS) is 15.2. The number of ether oxygens (including phenoxy) is 2. The molecular weight excluding hydrogens is 226 g/mol. The topological polar surface area (TPSA) is 30.5 Å². The van der Waals surface area contributed by atoms with E-state index in [4.69, 9.17) is 9.47 Å². The molecule has 0 saturated heterocycles. The molecule has 0 aliphatic heterocycles. The van der Waals surface area contributed by atoms with Crippen LogP contribution in [0.5, 0.6) is 5.75 Å². The van der Waals surface area contributed by atoms with Crippen molar-refractivity contribution in [3.63, 3.8) is 0 Å². The molecule has 0 aromatic heterocycles. The van der Waals surface area contributed by atoms with Crippen LogP contribution in [0.4, 0.5) is 0 Å². The number of hydrogen-bond acceptors (Lipinski definition) is 3. The molecule has 0 bridgehead atoms. The Labute approximate surface area is 110 Å². The minimum Gasteiger partial charge on any atom is -0.497 e. The van der Waals surface area contributed by atoms with Gasteiger partial charge in [0.05, 0.1) is 12.7 Å². The van der Waals surface area contributed by atoms with Crippen LogP contribution in [0.1, 0.15) is 39.3 Å². The molecule has 0 amide bonds. The molecule has 0 aliphatic rings. The Morgan fingerprint density at radius 1 is 1.17 bits per heavy atom. The average Bonchev–Trinajstić information content (AvgIpc) is 2.38. The SMILES string of the molecule is COc1cccc(C(C)NC(C)C(C)(C)OC)c1. The van der Waals surface area contributed by atoms with Crippen molar-refractivity contribution < 1.29 is 9.47 Å². The first-order chi connectivity index (χ1) is 8.40. The van der Waals surface area contributed by atoms with Crippen LogP contribution < -0.4 is 10.1 Å². The second-order valence-corrected chi connectivity index (χ2v) is 5.19. The first-order valence-corrected chi connectivity index (χ1v) is 6.36. The summed E-state index contributed by atoms with van der Waals surface area (Å²) >= 11 is 0. The molecule has 3 heteroatoms. The third-order valence-corrected chi connectivity index (χ3v) is 3.66. The average molecular weight is 251 g/mol. The summed E-state index contributed by atoms with van der Waals surface area (Å²) in [4.78, 5) is 0. The Morgan fingerprint density at radius 2 is 1.83 bits per heavy atom. The third-order valence-electron chi connectivity index (χ3n) is 3.66. The Balaban J connectivity index is 2.72. The molecule has 0 heterocycles. The van der Waals surface area contributed by atoms with Crippen LogP contribution in [-0.4, -0.2) is 25.9 Å². The third kappa shape index (κ3) is 3.72. The van der Waals surface area contributed by atoms with E-state index >= 15 is 0 Å². The van der Waals surface area contributed by atoms with Gasteiger partial charge in [-0.05, 0) is 45.4 Å². The zero-order valence-corrected chi connectivity index (χ0v) is 12.3. The Morgan fingerprint density at radius 3 is 2.39 bits per heavy atom. The van der Waals surface area contributed by atoms with Gasteiger partial charge in [0.1, 0.15) is 5.75 Å². The summed E-state index contributed by atoms with van der Waals surface area (Å²) in [5.41, 5.74) is 1.03. The maximum atomic E-state index is 5.49. The van der Waals surface area contributed by atoms with Gasteiger partial charge >= 0.3 is 0 Å². The van der Waals surface area contributed by atoms with Crippen molar-refractivity contribution in [2.24, 2.45) is 0 Å². The summed E-state index contributed by atoms with van der Waals surface area (Å²) in [6.07, 6.45) is 0. The van der Waals surface area contributed by atoms with E-state index in [1.807, 2.05) is 12.1 Å². The second kappa shape index (κ2) is 6.21. The lowest BCUT2D eigenvalue weighted by Crippen LogP contribution is -2.46. The van der Waals surface area contributed by atoms with Crippen LogP contribution in [0, 0.1) is 0 Å². The molecule has 1 N–H and O–H groups in total. The quantitative estimate of drug-likeness (QED) is 0.842. The van der Waals surface area contributed by atoms with Crippen LogP contribution >= 0.6 is 0 Å². The highest BCUT2D eigenvalue weighted by atomic mass is 16.5. The van der Waals surface area contributed by atoms with E-state index in [1.54, 1.807) is 14.2 Å². The van der Waals surface area contributed by atoms with Crippen LogP contribution in [0.2, 0.25) is 0 Å². The van der Waals surface area contributed by atoms with Crippen LogP contribution in [0.3, 0.4) is 0 Å². The molecule has 2 atom stereocenters. The lowest BCUT2D eigenvalue weighted by molar-refractivity contribution is -0.00765. The molecule has 0 aliphatic carbocycles. The number of hydrogen-bond donors (Lipinski definition) is 1. The van der Waals surface area contributed by atoms with Gasteiger partial charge in [-0.15, -0.1) is 0 Å². The van der Waals surface area contributed by atoms with E-state index < -0.39 is 0 Å². The van der Waals surface area contributed by atoms with Gasteiger partial charge < -0.3 is 14.8 Å². The largest absolute Gasteiger partial charge is 0.497 e. The summed E-state index contributed by atoms with van der Waals surface area (Å²) < 4.78 is 10.7. The minimum absolute atomic E-state index is 0.187. The van der Waals surface area contributed by atoms with E-state index in [-0.39, 0.29) is 17.7 Å². The second-order valence-electron chi connectivity index (χ2n) is 5.19. The van der Waals surface area contributed by atoms with Gasteiger partial charge in [-0.25, -0.2) is 0 Å². The van der Waals surface area contributed by atoms with Crippen LogP contribution in [-0.2, 0) is 4.74 Å². The molecule has 2 unspecified atom stereocenters. The zero-order valence-electron chi connectivity index (χ0n) is 12.3. The highest BCUT2D eigenvalue weighted by Crippen LogP contribution is 2.21. The summed E-state index contributed by atoms with van der Waals surface area (Å²) in [6, 6.07) is 8.64. The van der Waals surface area contributed by atoms with Crippen molar-refractivity contribution in [2.45, 2.75) is 45.4 Å². The molecule has 0 saturated carbocycles. The van der Waals surface area contributed by atoms with Crippen molar-refractivity contribution in [1.82, 2.24) is 5.32 Å². The predicted molar refractivity (Wildman–Crippen MR) is 75.1 cm³/mol. The monoisotopic (exact) mass is 251 g/mol. The summed E-state index contributed by atoms with van der Waals surface area (Å²) in [7, 11) is 3.43. The fourth-order valence-corrected chi connectivity index (χ4v) is 1.76. The van der Waals surface area contributed by atoms with Gasteiger partial charge in [0, 0.05) is 19.2 Å². The molecule has 0 fully saturated rings. The first kappa shape index (κ1) is 15.0. The standard InChI is InChI=1S/C15H25NO2/c1-11(16-12(2)15(3,4)18-6)13-8-7-9-14(10-13)17-5/h7-12,16H,1-6H3. The highest BCUT2D eigenvalue weighted by molar-refractivity contribution is 5.30. The van der Waals surface area contributed by atoms with Gasteiger partial charge in [0.15, 0.2) is 0 Å². The minimum atomic E-state index is -0.187. The lowest BCUT2D eigenvalue weighted by Gasteiger charge is -2.33. The molecule has 0 radical (unpaired) electrons. The van der Waals surface area contributed by atoms with Gasteiger partial charge in [-0.2, -0.15) is 0 Å². The maximum absolute atomic E-state index is 5.49. The molecule has 102 valence electrons. The number of benzene rings is 1. The number of methoxy groups -OCH3 is 2. The number of nitrogens with one attached hydrogen (secondary N) is 1. The van der Waals surface area contributed by atoms with Crippen molar-refractivity contribution in [3.05, 3.63) is 29.8 Å². The molecule has 18 heavy (non-hydrogen) atoms. The fraction of sp³-hybridized carbons (Fsp3) is 0.600. The van der Waals surface area contributed by atoms with Crippen molar-refractivity contribution in [1.29, 1.82) is 0 Å². The molecule has 1 rings (SSSR count). The Bertz CT molecular complexity index is 377. The Hall–Kier alpha value is -1.06. The summed E-state index contributed by atoms with van der Waals surface area (Å²) in [5.74, 6) is 0.889. The fourth-order valence-electron chi connectivity index (χ4n) is 1.76. The van der Waals surface area contributed by atoms with Crippen LogP contribution in [0.15, 0.2) is 24.3 Å². The van der Waals surface area contributed by atoms with E-state index in [1.165, 1.54) is 5.56 Å². The van der Waals surface area contributed by atoms with Crippen molar-refractivity contribution >= 4 is 0 Å². The van der Waals surface area contributed by atoms with Crippen molar-refractivity contribution in [2.75, 3.05) is 14.2 Å². The molecule has 1 aromatic rings. The number of rotatable bonds is 6. The van der Waals surface area contributed by atoms with E-state index in [9.17, 15) is 0 Å². The molecule has 3 nitrogen and oxygen atoms in total. The van der Waals surface area contributed by atoms with E-state index in [0.29, 0.717) is 0 Å². The van der Waals surface area contributed by atoms with Crippen LogP contribution in [0.25, 0.3) is 0 Å². The maximum Gasteiger partial charge on any atom is 0.119 e. The Kier molecular flexibility index (Phi) is 5.17. The van der Waals surface area contributed by atoms with Gasteiger partial charge in [0.2, 0.25) is 0 Å². The van der Waals surface area contributed by atoms with E-state index in [2.05, 4.69) is 45.1 Å². The summed E-state index contributed by atoms with van der Waals surface area (Å²) in [5, 5.41) is 3.56. The molecule has 1 aromatic carbocycles. The van der Waals surface area contributed by atoms with Gasteiger partial charge in [-0.1, -0.05) is 12.1 Å². The van der Waals surface area contributed by atoms with Gasteiger partial charge in [-0.3, -0.25) is 0 Å².